The highest BCUT2D eigenvalue weighted by Gasteiger charge is 2.28. The second-order valence-corrected chi connectivity index (χ2v) is 6.20. The average Bonchev–Trinajstić information content (AvgIpc) is 3.21. The zero-order chi connectivity index (χ0) is 20.3. The zero-order valence-corrected chi connectivity index (χ0v) is 15.2. The fourth-order valence-electron chi connectivity index (χ4n) is 2.53. The fourth-order valence-corrected chi connectivity index (χ4v) is 2.53. The van der Waals surface area contributed by atoms with Crippen LogP contribution in [0.15, 0.2) is 34.9 Å². The second kappa shape index (κ2) is 7.91. The number of nitrogens with zero attached hydrogens (tertiary/aromatic N) is 2. The lowest BCUT2D eigenvalue weighted by atomic mass is 10.1. The van der Waals surface area contributed by atoms with Gasteiger partial charge in [-0.3, -0.25) is 14.5 Å². The number of imide groups is 1. The third-order valence-electron chi connectivity index (χ3n) is 3.97. The maximum atomic E-state index is 12.3. The average molecular weight is 386 g/mol. The summed E-state index contributed by atoms with van der Waals surface area (Å²) in [4.78, 5) is 48.8. The van der Waals surface area contributed by atoms with Crippen molar-refractivity contribution >= 4 is 29.6 Å². The molecule has 4 amide bonds. The molecule has 0 spiro atoms. The van der Waals surface area contributed by atoms with E-state index in [1.165, 1.54) is 25.1 Å². The van der Waals surface area contributed by atoms with Gasteiger partial charge >= 0.3 is 12.0 Å². The van der Waals surface area contributed by atoms with Gasteiger partial charge in [-0.1, -0.05) is 17.3 Å². The molecule has 1 saturated heterocycles. The Bertz CT molecular complexity index is 922. The van der Waals surface area contributed by atoms with Gasteiger partial charge in [0.25, 0.3) is 5.91 Å². The Hall–Kier alpha value is -3.69. The molecule has 2 aromatic rings. The monoisotopic (exact) mass is 386 g/mol. The van der Waals surface area contributed by atoms with E-state index in [-0.39, 0.29) is 30.4 Å². The Morgan fingerprint density at radius 1 is 1.36 bits per heavy atom. The van der Waals surface area contributed by atoms with Crippen LogP contribution in [-0.4, -0.2) is 46.5 Å². The van der Waals surface area contributed by atoms with Crippen LogP contribution in [0.2, 0.25) is 0 Å². The van der Waals surface area contributed by atoms with Gasteiger partial charge in [-0.2, -0.15) is 0 Å². The molecule has 2 heterocycles. The molecule has 2 N–H and O–H groups in total. The third kappa shape index (κ3) is 4.34. The normalized spacial score (nSPS) is 14.6. The van der Waals surface area contributed by atoms with Gasteiger partial charge in [0.2, 0.25) is 5.91 Å². The topological polar surface area (TPSA) is 131 Å². The Balaban J connectivity index is 1.61. The molecule has 3 rings (SSSR count). The first-order chi connectivity index (χ1) is 13.3. The molecular formula is C18H18N4O6. The molecule has 146 valence electrons. The lowest BCUT2D eigenvalue weighted by molar-refractivity contribution is -0.125. The van der Waals surface area contributed by atoms with Gasteiger partial charge in [0.05, 0.1) is 18.7 Å². The molecule has 0 saturated carbocycles. The van der Waals surface area contributed by atoms with E-state index in [4.69, 9.17) is 9.26 Å². The van der Waals surface area contributed by atoms with Gasteiger partial charge in [-0.15, -0.1) is 0 Å². The highest BCUT2D eigenvalue weighted by Crippen LogP contribution is 2.13. The number of carbonyl (C=O) groups is 4. The minimum atomic E-state index is -1.07. The van der Waals surface area contributed by atoms with Gasteiger partial charge in [0.15, 0.2) is 11.9 Å². The van der Waals surface area contributed by atoms with Crippen LogP contribution in [0.25, 0.3) is 0 Å². The van der Waals surface area contributed by atoms with Crippen molar-refractivity contribution in [2.45, 2.75) is 26.5 Å². The van der Waals surface area contributed by atoms with Gasteiger partial charge in [0, 0.05) is 6.07 Å². The predicted molar refractivity (Wildman–Crippen MR) is 95.1 cm³/mol. The summed E-state index contributed by atoms with van der Waals surface area (Å²) in [6.45, 7) is 3.10. The SMILES string of the molecule is Cc1cc(NC(=O)C(C)OC(=O)c2cccc(CN3C(=O)CNC3=O)c2)no1. The maximum absolute atomic E-state index is 12.3. The van der Waals surface area contributed by atoms with Crippen LogP contribution in [0.3, 0.4) is 0 Å². The molecule has 0 aliphatic carbocycles. The first-order valence-corrected chi connectivity index (χ1v) is 8.46. The summed E-state index contributed by atoms with van der Waals surface area (Å²) >= 11 is 0. The van der Waals surface area contributed by atoms with Gasteiger partial charge < -0.3 is 19.9 Å². The number of hydrogen-bond acceptors (Lipinski definition) is 7. The molecule has 1 unspecified atom stereocenters. The quantitative estimate of drug-likeness (QED) is 0.564. The molecule has 0 bridgehead atoms. The molecular weight excluding hydrogens is 368 g/mol. The lowest BCUT2D eigenvalue weighted by Crippen LogP contribution is -2.31. The van der Waals surface area contributed by atoms with E-state index in [0.717, 1.165) is 4.90 Å². The van der Waals surface area contributed by atoms with Crippen LogP contribution in [0.4, 0.5) is 10.6 Å². The molecule has 1 fully saturated rings. The van der Waals surface area contributed by atoms with Crippen LogP contribution in [0, 0.1) is 6.92 Å². The van der Waals surface area contributed by atoms with Crippen molar-refractivity contribution in [2.75, 3.05) is 11.9 Å². The van der Waals surface area contributed by atoms with Crippen molar-refractivity contribution in [3.05, 3.63) is 47.2 Å². The fraction of sp³-hybridized carbons (Fsp3) is 0.278. The van der Waals surface area contributed by atoms with E-state index in [1.807, 2.05) is 0 Å². The van der Waals surface area contributed by atoms with Gasteiger partial charge in [-0.05, 0) is 31.5 Å². The number of aromatic nitrogens is 1. The van der Waals surface area contributed by atoms with Crippen LogP contribution in [0.5, 0.6) is 0 Å². The van der Waals surface area contributed by atoms with Gasteiger partial charge in [0.1, 0.15) is 5.76 Å². The number of esters is 1. The number of anilines is 1. The number of ether oxygens (including phenoxy) is 1. The third-order valence-corrected chi connectivity index (χ3v) is 3.97. The van der Waals surface area contributed by atoms with E-state index in [9.17, 15) is 19.2 Å². The van der Waals surface area contributed by atoms with E-state index >= 15 is 0 Å². The van der Waals surface area contributed by atoms with E-state index in [2.05, 4.69) is 15.8 Å². The largest absolute Gasteiger partial charge is 0.449 e. The summed E-state index contributed by atoms with van der Waals surface area (Å²) in [5, 5.41) is 8.54. The van der Waals surface area contributed by atoms with Crippen molar-refractivity contribution in [3.63, 3.8) is 0 Å². The Kier molecular flexibility index (Phi) is 5.39. The number of hydrogen-bond donors (Lipinski definition) is 2. The van der Waals surface area contributed by atoms with Crippen molar-refractivity contribution < 1.29 is 28.4 Å². The zero-order valence-electron chi connectivity index (χ0n) is 15.2. The number of aryl methyl sites for hydroxylation is 1. The highest BCUT2D eigenvalue weighted by molar-refractivity contribution is 6.02. The molecule has 1 aliphatic rings. The van der Waals surface area contributed by atoms with Crippen molar-refractivity contribution in [2.24, 2.45) is 0 Å². The summed E-state index contributed by atoms with van der Waals surface area (Å²) in [6.07, 6.45) is -1.07. The van der Waals surface area contributed by atoms with E-state index in [0.29, 0.717) is 11.3 Å². The standard InChI is InChI=1S/C18H18N4O6/c1-10-6-14(21-28-10)20-16(24)11(2)27-17(25)13-5-3-4-12(7-13)9-22-15(23)8-19-18(22)26/h3-7,11H,8-9H2,1-2H3,(H,19,26)(H,20,21,24). The molecule has 0 radical (unpaired) electrons. The summed E-state index contributed by atoms with van der Waals surface area (Å²) in [7, 11) is 0. The number of urea groups is 1. The molecule has 28 heavy (non-hydrogen) atoms. The molecule has 10 nitrogen and oxygen atoms in total. The molecule has 10 heteroatoms. The van der Waals surface area contributed by atoms with Crippen molar-refractivity contribution in [1.82, 2.24) is 15.4 Å². The summed E-state index contributed by atoms with van der Waals surface area (Å²) in [6, 6.07) is 7.36. The molecule has 1 aromatic heterocycles. The smallest absolute Gasteiger partial charge is 0.338 e. The van der Waals surface area contributed by atoms with E-state index < -0.39 is 24.0 Å². The Labute approximate surface area is 159 Å². The minimum absolute atomic E-state index is 0.0351. The summed E-state index contributed by atoms with van der Waals surface area (Å²) < 4.78 is 10.0. The summed E-state index contributed by atoms with van der Waals surface area (Å²) in [5.41, 5.74) is 0.775. The van der Waals surface area contributed by atoms with Crippen molar-refractivity contribution in [3.8, 4) is 0 Å². The molecule has 1 aromatic carbocycles. The van der Waals surface area contributed by atoms with Crippen LogP contribution < -0.4 is 10.6 Å². The van der Waals surface area contributed by atoms with Gasteiger partial charge in [-0.25, -0.2) is 9.59 Å². The van der Waals surface area contributed by atoms with Crippen LogP contribution >= 0.6 is 0 Å². The first-order valence-electron chi connectivity index (χ1n) is 8.46. The number of benzene rings is 1. The van der Waals surface area contributed by atoms with Crippen molar-refractivity contribution in [1.29, 1.82) is 0 Å². The predicted octanol–water partition coefficient (Wildman–Crippen LogP) is 1.22. The lowest BCUT2D eigenvalue weighted by Gasteiger charge is -2.14. The summed E-state index contributed by atoms with van der Waals surface area (Å²) in [5.74, 6) is -0.857. The Morgan fingerprint density at radius 3 is 2.79 bits per heavy atom. The number of rotatable bonds is 6. The molecule has 1 atom stereocenters. The second-order valence-electron chi connectivity index (χ2n) is 6.20. The first kappa shape index (κ1) is 19.1. The van der Waals surface area contributed by atoms with Crippen LogP contribution in [-0.2, 0) is 20.9 Å². The number of carbonyl (C=O) groups excluding carboxylic acids is 4. The maximum Gasteiger partial charge on any atom is 0.338 e. The number of amides is 4. The minimum Gasteiger partial charge on any atom is -0.449 e. The van der Waals surface area contributed by atoms with Crippen LogP contribution in [0.1, 0.15) is 28.6 Å². The number of nitrogens with one attached hydrogen (secondary N) is 2. The highest BCUT2D eigenvalue weighted by atomic mass is 16.5. The molecule has 1 aliphatic heterocycles. The van der Waals surface area contributed by atoms with E-state index in [1.54, 1.807) is 19.1 Å². The Morgan fingerprint density at radius 2 is 2.14 bits per heavy atom.